The third kappa shape index (κ3) is 2.85. The van der Waals surface area contributed by atoms with E-state index in [0.29, 0.717) is 10.9 Å². The fraction of sp³-hybridized carbons (Fsp3) is 0.571. The maximum absolute atomic E-state index is 13.4. The normalized spacial score (nSPS) is 25.3. The fourth-order valence-corrected chi connectivity index (χ4v) is 2.89. The summed E-state index contributed by atoms with van der Waals surface area (Å²) in [6.45, 7) is 5.69. The summed E-state index contributed by atoms with van der Waals surface area (Å²) < 4.78 is 19.0. The van der Waals surface area contributed by atoms with E-state index in [0.717, 1.165) is 25.1 Å². The Labute approximate surface area is 112 Å². The van der Waals surface area contributed by atoms with Crippen molar-refractivity contribution in [1.82, 2.24) is 5.32 Å². The van der Waals surface area contributed by atoms with E-state index < -0.39 is 0 Å². The SMILES string of the molecule is CCNC(c1cc(F)ccc1Cl)C1CCOC1C. The molecule has 2 nitrogen and oxygen atoms in total. The van der Waals surface area contributed by atoms with E-state index >= 15 is 0 Å². The predicted octanol–water partition coefficient (Wildman–Crippen LogP) is 3.55. The van der Waals surface area contributed by atoms with Crippen LogP contribution < -0.4 is 5.32 Å². The number of hydrogen-bond acceptors (Lipinski definition) is 2. The third-order valence-corrected chi connectivity index (χ3v) is 3.92. The van der Waals surface area contributed by atoms with Gasteiger partial charge < -0.3 is 10.1 Å². The summed E-state index contributed by atoms with van der Waals surface area (Å²) in [6.07, 6.45) is 1.15. The fourth-order valence-electron chi connectivity index (χ4n) is 2.65. The van der Waals surface area contributed by atoms with E-state index in [9.17, 15) is 4.39 Å². The first kappa shape index (κ1) is 13.8. The lowest BCUT2D eigenvalue weighted by Gasteiger charge is -2.27. The van der Waals surface area contributed by atoms with Crippen LogP contribution in [0.25, 0.3) is 0 Å². The lowest BCUT2D eigenvalue weighted by atomic mass is 9.88. The number of halogens is 2. The van der Waals surface area contributed by atoms with E-state index in [1.807, 2.05) is 6.92 Å². The Balaban J connectivity index is 2.31. The van der Waals surface area contributed by atoms with Gasteiger partial charge in [-0.3, -0.25) is 0 Å². The predicted molar refractivity (Wildman–Crippen MR) is 71.3 cm³/mol. The van der Waals surface area contributed by atoms with E-state index in [1.54, 1.807) is 6.07 Å². The van der Waals surface area contributed by atoms with Crippen molar-refractivity contribution in [1.29, 1.82) is 0 Å². The Hall–Kier alpha value is -0.640. The average Bonchev–Trinajstić information content (AvgIpc) is 2.76. The van der Waals surface area contributed by atoms with Gasteiger partial charge in [0.25, 0.3) is 0 Å². The molecule has 2 rings (SSSR count). The monoisotopic (exact) mass is 271 g/mol. The number of rotatable bonds is 4. The smallest absolute Gasteiger partial charge is 0.123 e. The minimum atomic E-state index is -0.246. The lowest BCUT2D eigenvalue weighted by molar-refractivity contribution is 0.0955. The molecular weight excluding hydrogens is 253 g/mol. The maximum Gasteiger partial charge on any atom is 0.123 e. The van der Waals surface area contributed by atoms with Crippen molar-refractivity contribution >= 4 is 11.6 Å². The molecule has 0 amide bonds. The first-order chi connectivity index (χ1) is 8.63. The van der Waals surface area contributed by atoms with Crippen molar-refractivity contribution in [3.8, 4) is 0 Å². The molecule has 100 valence electrons. The first-order valence-electron chi connectivity index (χ1n) is 6.43. The maximum atomic E-state index is 13.4. The number of ether oxygens (including phenoxy) is 1. The molecule has 0 aliphatic carbocycles. The van der Waals surface area contributed by atoms with Gasteiger partial charge in [-0.25, -0.2) is 4.39 Å². The Kier molecular flexibility index (Phi) is 4.60. The molecule has 0 bridgehead atoms. The highest BCUT2D eigenvalue weighted by Gasteiger charge is 2.33. The van der Waals surface area contributed by atoms with Crippen LogP contribution in [0.1, 0.15) is 31.9 Å². The van der Waals surface area contributed by atoms with Crippen LogP contribution in [0.5, 0.6) is 0 Å². The molecule has 1 aromatic carbocycles. The molecule has 1 heterocycles. The van der Waals surface area contributed by atoms with Crippen molar-refractivity contribution < 1.29 is 9.13 Å². The second-order valence-electron chi connectivity index (χ2n) is 4.73. The van der Waals surface area contributed by atoms with Gasteiger partial charge in [0.2, 0.25) is 0 Å². The molecule has 4 heteroatoms. The van der Waals surface area contributed by atoms with Gasteiger partial charge >= 0.3 is 0 Å². The van der Waals surface area contributed by atoms with Gasteiger partial charge in [-0.15, -0.1) is 0 Å². The summed E-state index contributed by atoms with van der Waals surface area (Å²) in [7, 11) is 0. The topological polar surface area (TPSA) is 21.3 Å². The quantitative estimate of drug-likeness (QED) is 0.904. The second kappa shape index (κ2) is 6.00. The first-order valence-corrected chi connectivity index (χ1v) is 6.81. The molecule has 0 spiro atoms. The Bertz CT molecular complexity index is 413. The van der Waals surface area contributed by atoms with Gasteiger partial charge in [0, 0.05) is 23.6 Å². The van der Waals surface area contributed by atoms with Crippen LogP contribution in [0.2, 0.25) is 5.02 Å². The van der Waals surface area contributed by atoms with E-state index in [-0.39, 0.29) is 18.0 Å². The van der Waals surface area contributed by atoms with Crippen LogP contribution in [-0.4, -0.2) is 19.3 Å². The summed E-state index contributed by atoms with van der Waals surface area (Å²) in [5, 5.41) is 4.02. The number of benzene rings is 1. The molecule has 0 aromatic heterocycles. The highest BCUT2D eigenvalue weighted by molar-refractivity contribution is 6.31. The van der Waals surface area contributed by atoms with Crippen molar-refractivity contribution in [3.05, 3.63) is 34.6 Å². The highest BCUT2D eigenvalue weighted by atomic mass is 35.5. The summed E-state index contributed by atoms with van der Waals surface area (Å²) >= 11 is 6.21. The zero-order valence-electron chi connectivity index (χ0n) is 10.7. The molecule has 1 aliphatic rings. The summed E-state index contributed by atoms with van der Waals surface area (Å²) in [5.74, 6) is 0.0909. The van der Waals surface area contributed by atoms with Gasteiger partial charge in [-0.1, -0.05) is 18.5 Å². The number of nitrogens with one attached hydrogen (secondary N) is 1. The lowest BCUT2D eigenvalue weighted by Crippen LogP contribution is -2.32. The molecule has 0 saturated carbocycles. The van der Waals surface area contributed by atoms with Gasteiger partial charge in [-0.2, -0.15) is 0 Å². The molecule has 1 N–H and O–H groups in total. The largest absolute Gasteiger partial charge is 0.378 e. The minimum absolute atomic E-state index is 0.0516. The van der Waals surface area contributed by atoms with Crippen LogP contribution in [0, 0.1) is 11.7 Å². The Morgan fingerprint density at radius 2 is 2.33 bits per heavy atom. The third-order valence-electron chi connectivity index (χ3n) is 3.58. The van der Waals surface area contributed by atoms with Crippen molar-refractivity contribution in [2.45, 2.75) is 32.4 Å². The molecule has 3 unspecified atom stereocenters. The molecule has 18 heavy (non-hydrogen) atoms. The van der Waals surface area contributed by atoms with Crippen molar-refractivity contribution in [2.24, 2.45) is 5.92 Å². The standard InChI is InChI=1S/C14H19ClFNO/c1-3-17-14(11-6-7-18-9(11)2)12-8-10(16)4-5-13(12)15/h4-5,8-9,11,14,17H,3,6-7H2,1-2H3. The Morgan fingerprint density at radius 1 is 1.56 bits per heavy atom. The molecular formula is C14H19ClFNO. The van der Waals surface area contributed by atoms with Crippen molar-refractivity contribution in [3.63, 3.8) is 0 Å². The molecule has 3 atom stereocenters. The molecule has 1 fully saturated rings. The minimum Gasteiger partial charge on any atom is -0.378 e. The molecule has 0 radical (unpaired) electrons. The zero-order valence-corrected chi connectivity index (χ0v) is 11.5. The summed E-state index contributed by atoms with van der Waals surface area (Å²) in [4.78, 5) is 0. The highest BCUT2D eigenvalue weighted by Crippen LogP contribution is 2.36. The van der Waals surface area contributed by atoms with Crippen LogP contribution in [0.15, 0.2) is 18.2 Å². The molecule has 1 aliphatic heterocycles. The van der Waals surface area contributed by atoms with Gasteiger partial charge in [-0.05, 0) is 43.7 Å². The van der Waals surface area contributed by atoms with E-state index in [4.69, 9.17) is 16.3 Å². The van der Waals surface area contributed by atoms with Crippen LogP contribution in [-0.2, 0) is 4.74 Å². The average molecular weight is 272 g/mol. The van der Waals surface area contributed by atoms with Gasteiger partial charge in [0.05, 0.1) is 6.10 Å². The zero-order chi connectivity index (χ0) is 13.1. The molecule has 1 aromatic rings. The van der Waals surface area contributed by atoms with Crippen LogP contribution in [0.3, 0.4) is 0 Å². The number of hydrogen-bond donors (Lipinski definition) is 1. The van der Waals surface area contributed by atoms with E-state index in [1.165, 1.54) is 12.1 Å². The van der Waals surface area contributed by atoms with E-state index in [2.05, 4.69) is 12.2 Å². The van der Waals surface area contributed by atoms with Crippen LogP contribution in [0.4, 0.5) is 4.39 Å². The van der Waals surface area contributed by atoms with Crippen LogP contribution >= 0.6 is 11.6 Å². The summed E-state index contributed by atoms with van der Waals surface area (Å²) in [5.41, 5.74) is 0.834. The molecule has 1 saturated heterocycles. The summed E-state index contributed by atoms with van der Waals surface area (Å²) in [6, 6.07) is 4.59. The second-order valence-corrected chi connectivity index (χ2v) is 5.14. The van der Waals surface area contributed by atoms with Gasteiger partial charge in [0.15, 0.2) is 0 Å². The van der Waals surface area contributed by atoms with Crippen molar-refractivity contribution in [2.75, 3.05) is 13.2 Å². The van der Waals surface area contributed by atoms with Gasteiger partial charge in [0.1, 0.15) is 5.82 Å². The Morgan fingerprint density at radius 3 is 2.94 bits per heavy atom.